The van der Waals surface area contributed by atoms with E-state index < -0.39 is 0 Å². The predicted molar refractivity (Wildman–Crippen MR) is 139 cm³/mol. The third-order valence-electron chi connectivity index (χ3n) is 7.86. The molecule has 0 amide bonds. The Morgan fingerprint density at radius 2 is 1.91 bits per heavy atom. The van der Waals surface area contributed by atoms with E-state index in [1.807, 2.05) is 6.21 Å². The molecule has 0 spiro atoms. The van der Waals surface area contributed by atoms with Crippen molar-refractivity contribution in [1.29, 1.82) is 0 Å². The Labute approximate surface area is 201 Å². The van der Waals surface area contributed by atoms with Crippen LogP contribution < -0.4 is 4.90 Å². The average molecular weight is 453 g/mol. The lowest BCUT2D eigenvalue weighted by atomic mass is 9.82. The molecule has 6 rings (SSSR count). The number of Topliss-reactive ketones (excluding diaryl/α,β-unsaturated/α-hetero) is 1. The van der Waals surface area contributed by atoms with Gasteiger partial charge in [0.2, 0.25) is 0 Å². The van der Waals surface area contributed by atoms with Crippen molar-refractivity contribution >= 4 is 29.0 Å². The first-order chi connectivity index (χ1) is 16.7. The zero-order chi connectivity index (χ0) is 23.1. The number of piperazine rings is 1. The van der Waals surface area contributed by atoms with Gasteiger partial charge >= 0.3 is 0 Å². The van der Waals surface area contributed by atoms with Gasteiger partial charge in [-0.25, -0.2) is 0 Å². The molecule has 2 aliphatic carbocycles. The zero-order valence-electron chi connectivity index (χ0n) is 19.9. The molecule has 174 valence electrons. The molecular formula is C29H32N4O. The number of rotatable bonds is 5. The Morgan fingerprint density at radius 3 is 2.74 bits per heavy atom. The number of carbonyl (C=O) groups is 1. The van der Waals surface area contributed by atoms with Crippen LogP contribution in [0, 0.1) is 11.8 Å². The molecule has 2 aliphatic heterocycles. The van der Waals surface area contributed by atoms with Crippen LogP contribution in [0.3, 0.4) is 0 Å². The second-order valence-corrected chi connectivity index (χ2v) is 9.84. The summed E-state index contributed by atoms with van der Waals surface area (Å²) in [5, 5.41) is 0. The smallest absolute Gasteiger partial charge is 0.141 e. The standard InChI is InChI=1S/C29H32N4O/c1-21-25(27(34)13-14-31-16-18-32(19-17-31)24-8-3-2-4-9-24)10-11-26-28(21)30-20-23-7-5-6-22-12-15-33(26)29(22)23/h2-4,7-12,15,20-21,25H,5-6,13-14,16-19H2,1H3. The van der Waals surface area contributed by atoms with Crippen molar-refractivity contribution in [2.75, 3.05) is 37.6 Å². The highest BCUT2D eigenvalue weighted by molar-refractivity contribution is 6.12. The molecule has 4 aliphatic rings. The van der Waals surface area contributed by atoms with Crippen LogP contribution >= 0.6 is 0 Å². The van der Waals surface area contributed by atoms with E-state index in [1.54, 1.807) is 0 Å². The van der Waals surface area contributed by atoms with Crippen LogP contribution in [-0.2, 0) is 11.2 Å². The number of ketones is 1. The summed E-state index contributed by atoms with van der Waals surface area (Å²) in [6.45, 7) is 7.04. The summed E-state index contributed by atoms with van der Waals surface area (Å²) in [7, 11) is 0. The molecule has 5 heteroatoms. The SMILES string of the molecule is CC1C2=C(C=CC1C(=O)CCN1CCN(c3ccccc3)CC1)n1ccc3c1C(=CCC3)C=N2. The second kappa shape index (κ2) is 8.88. The molecule has 0 radical (unpaired) electrons. The van der Waals surface area contributed by atoms with Gasteiger partial charge in [-0.15, -0.1) is 0 Å². The number of hydrogen-bond donors (Lipinski definition) is 0. The molecule has 0 N–H and O–H groups in total. The van der Waals surface area contributed by atoms with Crippen molar-refractivity contribution in [2.45, 2.75) is 26.2 Å². The summed E-state index contributed by atoms with van der Waals surface area (Å²) < 4.78 is 2.28. The Balaban J connectivity index is 1.10. The number of nitrogens with zero attached hydrogens (tertiary/aromatic N) is 4. The molecular weight excluding hydrogens is 420 g/mol. The molecule has 1 aromatic carbocycles. The topological polar surface area (TPSA) is 40.8 Å². The Morgan fingerprint density at radius 1 is 1.09 bits per heavy atom. The Bertz CT molecular complexity index is 1210. The first-order valence-corrected chi connectivity index (χ1v) is 12.6. The summed E-state index contributed by atoms with van der Waals surface area (Å²) in [4.78, 5) is 23.1. The lowest BCUT2D eigenvalue weighted by Crippen LogP contribution is -2.47. The lowest BCUT2D eigenvalue weighted by Gasteiger charge is -2.36. The molecule has 1 saturated heterocycles. The van der Waals surface area contributed by atoms with E-state index in [-0.39, 0.29) is 11.8 Å². The number of aryl methyl sites for hydroxylation is 1. The van der Waals surface area contributed by atoms with Crippen LogP contribution in [0.25, 0.3) is 11.3 Å². The highest BCUT2D eigenvalue weighted by Crippen LogP contribution is 2.39. The minimum atomic E-state index is -0.101. The maximum absolute atomic E-state index is 13.3. The van der Waals surface area contributed by atoms with E-state index in [1.165, 1.54) is 22.5 Å². The van der Waals surface area contributed by atoms with Gasteiger partial charge < -0.3 is 9.47 Å². The van der Waals surface area contributed by atoms with Crippen molar-refractivity contribution < 1.29 is 4.79 Å². The summed E-state index contributed by atoms with van der Waals surface area (Å²) in [6.07, 6.45) is 13.5. The van der Waals surface area contributed by atoms with E-state index in [0.29, 0.717) is 12.2 Å². The van der Waals surface area contributed by atoms with E-state index in [9.17, 15) is 4.79 Å². The third-order valence-corrected chi connectivity index (χ3v) is 7.86. The number of benzene rings is 1. The fourth-order valence-corrected chi connectivity index (χ4v) is 5.86. The molecule has 0 bridgehead atoms. The zero-order valence-corrected chi connectivity index (χ0v) is 19.9. The van der Waals surface area contributed by atoms with Crippen molar-refractivity contribution in [1.82, 2.24) is 9.47 Å². The average Bonchev–Trinajstić information content (AvgIpc) is 3.24. The van der Waals surface area contributed by atoms with Crippen LogP contribution in [0.1, 0.15) is 31.0 Å². The van der Waals surface area contributed by atoms with Crippen LogP contribution in [0.2, 0.25) is 0 Å². The molecule has 1 fully saturated rings. The van der Waals surface area contributed by atoms with E-state index in [2.05, 4.69) is 82.1 Å². The van der Waals surface area contributed by atoms with Crippen LogP contribution in [0.4, 0.5) is 5.69 Å². The molecule has 2 atom stereocenters. The number of carbonyl (C=O) groups excluding carboxylic acids is 1. The maximum Gasteiger partial charge on any atom is 0.141 e. The fourth-order valence-electron chi connectivity index (χ4n) is 5.86. The summed E-state index contributed by atoms with van der Waals surface area (Å²) >= 11 is 0. The summed E-state index contributed by atoms with van der Waals surface area (Å²) in [5.41, 5.74) is 7.32. The number of allylic oxidation sites excluding steroid dienone is 6. The molecule has 0 saturated carbocycles. The fraction of sp³-hybridized carbons (Fsp3) is 0.379. The van der Waals surface area contributed by atoms with E-state index in [0.717, 1.165) is 57.0 Å². The predicted octanol–water partition coefficient (Wildman–Crippen LogP) is 4.67. The van der Waals surface area contributed by atoms with Gasteiger partial charge in [-0.05, 0) is 42.7 Å². The molecule has 34 heavy (non-hydrogen) atoms. The summed E-state index contributed by atoms with van der Waals surface area (Å²) in [5.74, 6) is 0.307. The highest BCUT2D eigenvalue weighted by atomic mass is 16.1. The van der Waals surface area contributed by atoms with Gasteiger partial charge in [-0.2, -0.15) is 0 Å². The van der Waals surface area contributed by atoms with E-state index in [4.69, 9.17) is 4.99 Å². The van der Waals surface area contributed by atoms with Crippen LogP contribution in [0.15, 0.2) is 71.5 Å². The first-order valence-electron chi connectivity index (χ1n) is 12.6. The first kappa shape index (κ1) is 21.4. The minimum absolute atomic E-state index is 0.0810. The van der Waals surface area contributed by atoms with Crippen molar-refractivity contribution in [2.24, 2.45) is 16.8 Å². The Hall–Kier alpha value is -3.18. The Kier molecular flexibility index (Phi) is 5.58. The third kappa shape index (κ3) is 3.78. The quantitative estimate of drug-likeness (QED) is 0.662. The van der Waals surface area contributed by atoms with Gasteiger partial charge in [0.1, 0.15) is 5.78 Å². The normalized spacial score (nSPS) is 23.9. The maximum atomic E-state index is 13.3. The monoisotopic (exact) mass is 452 g/mol. The molecule has 5 nitrogen and oxygen atoms in total. The number of hydrogen-bond acceptors (Lipinski definition) is 4. The van der Waals surface area contributed by atoms with Crippen molar-refractivity contribution in [3.63, 3.8) is 0 Å². The van der Waals surface area contributed by atoms with Gasteiger partial charge in [0.25, 0.3) is 0 Å². The van der Waals surface area contributed by atoms with Crippen LogP contribution in [0.5, 0.6) is 0 Å². The van der Waals surface area contributed by atoms with Gasteiger partial charge in [0.05, 0.1) is 17.1 Å². The molecule has 1 aromatic heterocycles. The number of para-hydroxylation sites is 1. The number of aliphatic imine (C=N–C) groups is 1. The number of aromatic nitrogens is 1. The van der Waals surface area contributed by atoms with Crippen molar-refractivity contribution in [3.8, 4) is 0 Å². The van der Waals surface area contributed by atoms with Crippen LogP contribution in [-0.4, -0.2) is 54.2 Å². The van der Waals surface area contributed by atoms with Gasteiger partial charge in [-0.1, -0.05) is 37.3 Å². The van der Waals surface area contributed by atoms with Gasteiger partial charge in [-0.3, -0.25) is 14.7 Å². The van der Waals surface area contributed by atoms with Gasteiger partial charge in [0, 0.05) is 74.7 Å². The molecule has 3 heterocycles. The second-order valence-electron chi connectivity index (χ2n) is 9.84. The summed E-state index contributed by atoms with van der Waals surface area (Å²) in [6, 6.07) is 12.8. The molecule has 2 aromatic rings. The van der Waals surface area contributed by atoms with Gasteiger partial charge in [0.15, 0.2) is 0 Å². The number of anilines is 1. The number of fused-ring (bicyclic) bond motifs is 1. The van der Waals surface area contributed by atoms with Crippen molar-refractivity contribution in [3.05, 3.63) is 77.8 Å². The van der Waals surface area contributed by atoms with E-state index >= 15 is 0 Å². The highest BCUT2D eigenvalue weighted by Gasteiger charge is 2.33. The lowest BCUT2D eigenvalue weighted by molar-refractivity contribution is -0.122. The molecule has 2 unspecified atom stereocenters. The minimum Gasteiger partial charge on any atom is -0.369 e. The largest absolute Gasteiger partial charge is 0.369 e.